The third-order valence-corrected chi connectivity index (χ3v) is 5.64. The molecule has 0 atom stereocenters. The fourth-order valence-electron chi connectivity index (χ4n) is 3.63. The Hall–Kier alpha value is -3.64. The lowest BCUT2D eigenvalue weighted by Crippen LogP contribution is -2.23. The maximum atomic E-state index is 13.7. The number of aromatic nitrogens is 2. The molecule has 2 aliphatic rings. The minimum absolute atomic E-state index is 0.205. The van der Waals surface area contributed by atoms with Gasteiger partial charge >= 0.3 is 0 Å². The minimum Gasteiger partial charge on any atom is -0.474 e. The molecule has 7 heteroatoms. The van der Waals surface area contributed by atoms with Crippen LogP contribution in [0.5, 0.6) is 5.88 Å². The molecule has 160 valence electrons. The van der Waals surface area contributed by atoms with Gasteiger partial charge in [0, 0.05) is 40.9 Å². The van der Waals surface area contributed by atoms with Crippen LogP contribution in [-0.2, 0) is 0 Å². The summed E-state index contributed by atoms with van der Waals surface area (Å²) in [7, 11) is 1.78. The summed E-state index contributed by atoms with van der Waals surface area (Å²) in [6.07, 6.45) is 9.34. The Balaban J connectivity index is 1.74. The number of rotatable bonds is 5. The Labute approximate surface area is 190 Å². The van der Waals surface area contributed by atoms with Crippen molar-refractivity contribution in [3.05, 3.63) is 93.4 Å². The molecule has 0 bridgehead atoms. The summed E-state index contributed by atoms with van der Waals surface area (Å²) in [5, 5.41) is 12.5. The molecule has 1 fully saturated rings. The number of nitrogens with zero attached hydrogens (tertiary/aromatic N) is 2. The smallest absolute Gasteiger partial charge is 0.264 e. The predicted octanol–water partition coefficient (Wildman–Crippen LogP) is 4.66. The summed E-state index contributed by atoms with van der Waals surface area (Å²) in [4.78, 5) is 18.4. The van der Waals surface area contributed by atoms with Gasteiger partial charge in [0.1, 0.15) is 6.10 Å². The Morgan fingerprint density at radius 2 is 1.97 bits per heavy atom. The average Bonchev–Trinajstić information content (AvgIpc) is 3.60. The second kappa shape index (κ2) is 8.13. The average molecular weight is 445 g/mol. The summed E-state index contributed by atoms with van der Waals surface area (Å²) in [6.45, 7) is 0. The Kier molecular flexibility index (Phi) is 5.15. The molecule has 0 aliphatic heterocycles. The highest BCUT2D eigenvalue weighted by molar-refractivity contribution is 6.30. The Morgan fingerprint density at radius 1 is 1.19 bits per heavy atom. The van der Waals surface area contributed by atoms with Crippen molar-refractivity contribution in [1.29, 1.82) is 5.41 Å². The number of fused-ring (bicyclic) bond motifs is 1. The second-order valence-electron chi connectivity index (χ2n) is 7.79. The molecule has 0 radical (unpaired) electrons. The van der Waals surface area contributed by atoms with Crippen LogP contribution in [0.4, 0.5) is 0 Å². The van der Waals surface area contributed by atoms with E-state index in [4.69, 9.17) is 21.7 Å². The van der Waals surface area contributed by atoms with E-state index in [1.54, 1.807) is 54.2 Å². The largest absolute Gasteiger partial charge is 0.474 e. The van der Waals surface area contributed by atoms with E-state index in [0.717, 1.165) is 23.8 Å². The van der Waals surface area contributed by atoms with Crippen molar-refractivity contribution in [2.45, 2.75) is 18.9 Å². The van der Waals surface area contributed by atoms with E-state index < -0.39 is 0 Å². The molecule has 2 aromatic heterocycles. The second-order valence-corrected chi connectivity index (χ2v) is 8.23. The van der Waals surface area contributed by atoms with Crippen molar-refractivity contribution < 1.29 is 4.74 Å². The molecule has 2 heterocycles. The van der Waals surface area contributed by atoms with E-state index >= 15 is 0 Å². The van der Waals surface area contributed by atoms with Crippen molar-refractivity contribution in [3.63, 3.8) is 0 Å². The van der Waals surface area contributed by atoms with Crippen LogP contribution in [0.1, 0.15) is 18.4 Å². The normalized spacial score (nSPS) is 17.0. The van der Waals surface area contributed by atoms with Crippen molar-refractivity contribution in [2.24, 2.45) is 0 Å². The maximum Gasteiger partial charge on any atom is 0.264 e. The van der Waals surface area contributed by atoms with Crippen LogP contribution >= 0.6 is 11.6 Å². The van der Waals surface area contributed by atoms with Crippen LogP contribution < -0.4 is 15.6 Å². The topological polar surface area (TPSA) is 80.0 Å². The van der Waals surface area contributed by atoms with Gasteiger partial charge in [-0.3, -0.25) is 9.36 Å². The van der Waals surface area contributed by atoms with Gasteiger partial charge in [-0.15, -0.1) is 0 Å². The third kappa shape index (κ3) is 3.85. The standard InChI is InChI=1S/C25H21ClN4O2/c1-28-14-17-12-15(2-10-22(17)27)21-13-16-3-11-23(32-20-8-9-20)29-24(16)30(25(21)31)19-6-4-18(26)5-7-19/h2-7,10-14,20,27-28H,8-9H2,1H3/b17-14-,27-22?. The first-order valence-electron chi connectivity index (χ1n) is 10.4. The number of halogens is 1. The zero-order valence-electron chi connectivity index (χ0n) is 17.4. The highest BCUT2D eigenvalue weighted by atomic mass is 35.5. The number of pyridine rings is 2. The number of allylic oxidation sites excluding steroid dienone is 5. The van der Waals surface area contributed by atoms with Gasteiger partial charge in [-0.05, 0) is 67.0 Å². The van der Waals surface area contributed by atoms with Gasteiger partial charge in [-0.25, -0.2) is 0 Å². The van der Waals surface area contributed by atoms with E-state index in [9.17, 15) is 4.79 Å². The van der Waals surface area contributed by atoms with E-state index in [-0.39, 0.29) is 11.7 Å². The van der Waals surface area contributed by atoms with E-state index in [1.807, 2.05) is 24.3 Å². The molecule has 5 rings (SSSR count). The number of hydrogen-bond donors (Lipinski definition) is 2. The Morgan fingerprint density at radius 3 is 2.69 bits per heavy atom. The van der Waals surface area contributed by atoms with Crippen LogP contribution in [0.15, 0.2) is 77.3 Å². The molecule has 0 spiro atoms. The lowest BCUT2D eigenvalue weighted by molar-refractivity contribution is 0.292. The first-order valence-corrected chi connectivity index (χ1v) is 10.8. The molecule has 0 saturated heterocycles. The number of nitrogens with one attached hydrogen (secondary N) is 2. The van der Waals surface area contributed by atoms with Crippen LogP contribution in [0.3, 0.4) is 0 Å². The number of benzene rings is 1. The first kappa shape index (κ1) is 20.3. The van der Waals surface area contributed by atoms with Crippen molar-refractivity contribution >= 4 is 33.9 Å². The first-order chi connectivity index (χ1) is 15.5. The quantitative estimate of drug-likeness (QED) is 0.600. The molecule has 32 heavy (non-hydrogen) atoms. The van der Waals surface area contributed by atoms with Crippen LogP contribution in [0.25, 0.3) is 22.3 Å². The zero-order valence-corrected chi connectivity index (χ0v) is 18.2. The fourth-order valence-corrected chi connectivity index (χ4v) is 3.76. The molecule has 2 N–H and O–H groups in total. The van der Waals surface area contributed by atoms with Crippen molar-refractivity contribution in [1.82, 2.24) is 14.9 Å². The van der Waals surface area contributed by atoms with Gasteiger partial charge in [-0.1, -0.05) is 17.7 Å². The zero-order chi connectivity index (χ0) is 22.2. The molecule has 1 aromatic carbocycles. The SMILES string of the molecule is CN/C=C1/C=C(c2cc3ccc(OC4CC4)nc3n(-c3ccc(Cl)cc3)c2=O)C=CC1=N. The van der Waals surface area contributed by atoms with E-state index in [1.165, 1.54) is 0 Å². The summed E-state index contributed by atoms with van der Waals surface area (Å²) in [5.74, 6) is 0.513. The predicted molar refractivity (Wildman–Crippen MR) is 128 cm³/mol. The molecular weight excluding hydrogens is 424 g/mol. The molecule has 1 saturated carbocycles. The molecule has 6 nitrogen and oxygen atoms in total. The molecule has 3 aromatic rings. The van der Waals surface area contributed by atoms with Crippen LogP contribution in [0.2, 0.25) is 5.02 Å². The number of hydrogen-bond acceptors (Lipinski definition) is 5. The summed E-state index contributed by atoms with van der Waals surface area (Å²) in [6, 6.07) is 12.7. The summed E-state index contributed by atoms with van der Waals surface area (Å²) >= 11 is 6.09. The van der Waals surface area contributed by atoms with Crippen molar-refractivity contribution in [2.75, 3.05) is 7.05 Å². The lowest BCUT2D eigenvalue weighted by Gasteiger charge is -2.16. The molecule has 0 unspecified atom stereocenters. The number of ether oxygens (including phenoxy) is 1. The van der Waals surface area contributed by atoms with E-state index in [0.29, 0.717) is 39.1 Å². The van der Waals surface area contributed by atoms with Gasteiger partial charge in [0.2, 0.25) is 5.88 Å². The maximum absolute atomic E-state index is 13.7. The van der Waals surface area contributed by atoms with Crippen LogP contribution in [-0.4, -0.2) is 28.4 Å². The summed E-state index contributed by atoms with van der Waals surface area (Å²) < 4.78 is 7.47. The monoisotopic (exact) mass is 444 g/mol. The lowest BCUT2D eigenvalue weighted by atomic mass is 9.95. The molecule has 0 amide bonds. The van der Waals surface area contributed by atoms with Gasteiger partial charge in [0.25, 0.3) is 5.56 Å². The summed E-state index contributed by atoms with van der Waals surface area (Å²) in [5.41, 5.74) is 3.33. The Bertz CT molecular complexity index is 1380. The molecular formula is C25H21ClN4O2. The van der Waals surface area contributed by atoms with Gasteiger partial charge in [0.05, 0.1) is 11.4 Å². The van der Waals surface area contributed by atoms with E-state index in [2.05, 4.69) is 10.3 Å². The van der Waals surface area contributed by atoms with Gasteiger partial charge < -0.3 is 15.5 Å². The van der Waals surface area contributed by atoms with Crippen LogP contribution in [0, 0.1) is 5.41 Å². The highest BCUT2D eigenvalue weighted by Crippen LogP contribution is 2.29. The van der Waals surface area contributed by atoms with Crippen molar-refractivity contribution in [3.8, 4) is 11.6 Å². The van der Waals surface area contributed by atoms with Gasteiger partial charge in [-0.2, -0.15) is 4.98 Å². The highest BCUT2D eigenvalue weighted by Gasteiger charge is 2.24. The molecule has 2 aliphatic carbocycles. The minimum atomic E-state index is -0.205. The van der Waals surface area contributed by atoms with Gasteiger partial charge in [0.15, 0.2) is 5.65 Å². The third-order valence-electron chi connectivity index (χ3n) is 5.38. The fraction of sp³-hybridized carbons (Fsp3) is 0.160.